The highest BCUT2D eigenvalue weighted by molar-refractivity contribution is 7.47. The predicted molar refractivity (Wildman–Crippen MR) is 344 cm³/mol. The summed E-state index contributed by atoms with van der Waals surface area (Å²) in [4.78, 5) is 35.8. The van der Waals surface area contributed by atoms with Crippen LogP contribution in [0.2, 0.25) is 0 Å². The molecule has 1 N–H and O–H groups in total. The van der Waals surface area contributed by atoms with Crippen LogP contribution in [0.15, 0.2) is 134 Å². The molecule has 0 aliphatic carbocycles. The minimum atomic E-state index is -4.40. The van der Waals surface area contributed by atoms with Crippen LogP contribution in [0.1, 0.15) is 245 Å². The third-order valence-corrected chi connectivity index (χ3v) is 14.1. The average molecular weight is 1130 g/mol. The molecule has 0 amide bonds. The molecule has 0 rings (SSSR count). The zero-order valence-corrected chi connectivity index (χ0v) is 52.7. The standard InChI is InChI=1S/C70H118NO8P/c1-6-8-10-12-14-16-18-20-22-24-26-27-28-29-30-31-32-33-34-35-36-37-38-39-40-41-42-43-45-47-49-51-53-55-57-59-61-63-70(73)79-68(67-78-80(74,75)77-65-64-71(3,4)5)66-76-69(72)62-60-58-56-54-52-50-48-46-44-25-23-21-19-17-15-13-11-9-7-2/h8,10,14-17,20-23,26-27,29-30,32-33,35-36,38-39,44,46,68H,6-7,9,11-13,18-19,24-25,28,31,34,37,40-43,45,47-67H2,1-5H3/p+1/b10-8-,16-14-,17-15-,22-20-,23-21-,27-26-,30-29-,33-32-,36-35-,39-38-,46-44-. The Morgan fingerprint density at radius 3 is 1.06 bits per heavy atom. The monoisotopic (exact) mass is 1130 g/mol. The zero-order chi connectivity index (χ0) is 58.4. The molecule has 0 aliphatic heterocycles. The lowest BCUT2D eigenvalue weighted by Crippen LogP contribution is -2.37. The quantitative estimate of drug-likeness (QED) is 0.0211. The summed E-state index contributed by atoms with van der Waals surface area (Å²) in [6, 6.07) is 0. The molecule has 0 heterocycles. The van der Waals surface area contributed by atoms with Crippen molar-refractivity contribution in [2.45, 2.75) is 251 Å². The number of phosphoric acid groups is 1. The van der Waals surface area contributed by atoms with Crippen LogP contribution in [-0.4, -0.2) is 74.9 Å². The van der Waals surface area contributed by atoms with Crippen LogP contribution in [0.4, 0.5) is 0 Å². The Morgan fingerprint density at radius 1 is 0.400 bits per heavy atom. The molecule has 9 nitrogen and oxygen atoms in total. The van der Waals surface area contributed by atoms with Crippen molar-refractivity contribution in [2.75, 3.05) is 47.5 Å². The van der Waals surface area contributed by atoms with Crippen LogP contribution < -0.4 is 0 Å². The number of unbranched alkanes of at least 4 members (excludes halogenated alkanes) is 21. The highest BCUT2D eigenvalue weighted by Gasteiger charge is 2.27. The van der Waals surface area contributed by atoms with Gasteiger partial charge in [-0.2, -0.15) is 0 Å². The first kappa shape index (κ1) is 76.1. The van der Waals surface area contributed by atoms with Gasteiger partial charge in [-0.05, 0) is 116 Å². The molecule has 0 bridgehead atoms. The minimum Gasteiger partial charge on any atom is -0.462 e. The van der Waals surface area contributed by atoms with Crippen LogP contribution >= 0.6 is 7.82 Å². The van der Waals surface area contributed by atoms with Gasteiger partial charge in [0.15, 0.2) is 6.10 Å². The Kier molecular flexibility index (Phi) is 56.9. The van der Waals surface area contributed by atoms with E-state index in [9.17, 15) is 19.0 Å². The number of nitrogens with zero attached hydrogens (tertiary/aromatic N) is 1. The third kappa shape index (κ3) is 63.3. The zero-order valence-electron chi connectivity index (χ0n) is 51.8. The lowest BCUT2D eigenvalue weighted by atomic mass is 10.0. The van der Waals surface area contributed by atoms with E-state index < -0.39 is 26.5 Å². The summed E-state index contributed by atoms with van der Waals surface area (Å²) in [6.45, 7) is 4.27. The molecule has 0 saturated heterocycles. The lowest BCUT2D eigenvalue weighted by Gasteiger charge is -2.24. The van der Waals surface area contributed by atoms with Crippen LogP contribution in [0.5, 0.6) is 0 Å². The van der Waals surface area contributed by atoms with Crippen molar-refractivity contribution < 1.29 is 42.1 Å². The first-order valence-electron chi connectivity index (χ1n) is 31.9. The first-order chi connectivity index (χ1) is 39.0. The van der Waals surface area contributed by atoms with Gasteiger partial charge in [0.1, 0.15) is 19.8 Å². The molecule has 0 aliphatic rings. The minimum absolute atomic E-state index is 0.0230. The number of carbonyl (C=O) groups excluding carboxylic acids is 2. The molecule has 10 heteroatoms. The molecule has 80 heavy (non-hydrogen) atoms. The summed E-state index contributed by atoms with van der Waals surface area (Å²) in [6.07, 6.45) is 86.7. The van der Waals surface area contributed by atoms with Crippen LogP contribution in [-0.2, 0) is 32.7 Å². The second-order valence-electron chi connectivity index (χ2n) is 22.1. The maximum atomic E-state index is 12.8. The summed E-state index contributed by atoms with van der Waals surface area (Å²) in [5, 5.41) is 0. The first-order valence-corrected chi connectivity index (χ1v) is 33.4. The number of allylic oxidation sites excluding steroid dienone is 22. The van der Waals surface area contributed by atoms with Crippen molar-refractivity contribution in [3.8, 4) is 0 Å². The van der Waals surface area contributed by atoms with Gasteiger partial charge >= 0.3 is 19.8 Å². The molecule has 2 unspecified atom stereocenters. The van der Waals surface area contributed by atoms with E-state index in [4.69, 9.17) is 18.5 Å². The summed E-state index contributed by atoms with van der Waals surface area (Å²) < 4.78 is 34.6. The summed E-state index contributed by atoms with van der Waals surface area (Å²) in [7, 11) is 1.45. The summed E-state index contributed by atoms with van der Waals surface area (Å²) >= 11 is 0. The van der Waals surface area contributed by atoms with Crippen molar-refractivity contribution in [3.63, 3.8) is 0 Å². The number of likely N-dealkylation sites (N-methyl/N-ethyl adjacent to an activating group) is 1. The van der Waals surface area contributed by atoms with Gasteiger partial charge in [0.05, 0.1) is 27.7 Å². The number of hydrogen-bond acceptors (Lipinski definition) is 7. The molecule has 2 atom stereocenters. The number of phosphoric ester groups is 1. The van der Waals surface area contributed by atoms with E-state index in [0.717, 1.165) is 116 Å². The fourth-order valence-electron chi connectivity index (χ4n) is 8.27. The predicted octanol–water partition coefficient (Wildman–Crippen LogP) is 20.5. The molecule has 0 fully saturated rings. The Morgan fingerprint density at radius 2 is 0.713 bits per heavy atom. The van der Waals surface area contributed by atoms with E-state index in [2.05, 4.69) is 148 Å². The molecule has 0 radical (unpaired) electrons. The molecule has 0 aromatic carbocycles. The highest BCUT2D eigenvalue weighted by Crippen LogP contribution is 2.43. The van der Waals surface area contributed by atoms with Gasteiger partial charge in [-0.25, -0.2) is 4.57 Å². The van der Waals surface area contributed by atoms with Crippen molar-refractivity contribution in [2.24, 2.45) is 0 Å². The SMILES string of the molecule is CC/C=C\C/C=C\C/C=C\C/C=C\C/C=C\C/C=C\C/C=C\C/C=C\CCCCCCCCCCCCCCC(=O)OC(COC(=O)CCCCCCCC/C=C\C/C=C\C/C=C\CCCCC)COP(=O)(O)OCC[N+](C)(C)C. The number of ether oxygens (including phenoxy) is 2. The van der Waals surface area contributed by atoms with E-state index in [-0.39, 0.29) is 32.0 Å². The molecular formula is C70H119NO8P+. The van der Waals surface area contributed by atoms with Crippen molar-refractivity contribution in [1.82, 2.24) is 0 Å². The maximum absolute atomic E-state index is 12.8. The topological polar surface area (TPSA) is 108 Å². The Bertz CT molecular complexity index is 1810. The van der Waals surface area contributed by atoms with Gasteiger partial charge in [0.25, 0.3) is 0 Å². The van der Waals surface area contributed by atoms with Gasteiger partial charge in [0.2, 0.25) is 0 Å². The van der Waals surface area contributed by atoms with Crippen LogP contribution in [0, 0.1) is 0 Å². The van der Waals surface area contributed by atoms with E-state index in [1.165, 1.54) is 96.3 Å². The summed E-state index contributed by atoms with van der Waals surface area (Å²) in [5.74, 6) is -0.819. The van der Waals surface area contributed by atoms with Crippen molar-refractivity contribution in [1.29, 1.82) is 0 Å². The molecule has 0 aromatic heterocycles. The number of rotatable bonds is 57. The smallest absolute Gasteiger partial charge is 0.462 e. The molecule has 456 valence electrons. The van der Waals surface area contributed by atoms with E-state index in [0.29, 0.717) is 17.4 Å². The molecule has 0 spiro atoms. The highest BCUT2D eigenvalue weighted by atomic mass is 31.2. The number of esters is 2. The van der Waals surface area contributed by atoms with Crippen LogP contribution in [0.25, 0.3) is 0 Å². The van der Waals surface area contributed by atoms with Crippen LogP contribution in [0.3, 0.4) is 0 Å². The lowest BCUT2D eigenvalue weighted by molar-refractivity contribution is -0.870. The number of carbonyl (C=O) groups is 2. The number of quaternary nitrogens is 1. The van der Waals surface area contributed by atoms with Gasteiger partial charge in [-0.1, -0.05) is 250 Å². The van der Waals surface area contributed by atoms with Gasteiger partial charge < -0.3 is 18.9 Å². The fourth-order valence-corrected chi connectivity index (χ4v) is 9.01. The van der Waals surface area contributed by atoms with Gasteiger partial charge in [-0.15, -0.1) is 0 Å². The largest absolute Gasteiger partial charge is 0.472 e. The van der Waals surface area contributed by atoms with E-state index in [1.54, 1.807) is 0 Å². The second kappa shape index (κ2) is 59.8. The average Bonchev–Trinajstić information content (AvgIpc) is 3.42. The normalized spacial score (nSPS) is 14.1. The second-order valence-corrected chi connectivity index (χ2v) is 23.5. The molecular weight excluding hydrogens is 1010 g/mol. The van der Waals surface area contributed by atoms with E-state index >= 15 is 0 Å². The van der Waals surface area contributed by atoms with Crippen molar-refractivity contribution >= 4 is 19.8 Å². The number of hydrogen-bond donors (Lipinski definition) is 1. The maximum Gasteiger partial charge on any atom is 0.472 e. The Labute approximate surface area is 491 Å². The van der Waals surface area contributed by atoms with Gasteiger partial charge in [0, 0.05) is 12.8 Å². The van der Waals surface area contributed by atoms with Gasteiger partial charge in [-0.3, -0.25) is 18.6 Å². The Hall–Kier alpha value is -3.85. The van der Waals surface area contributed by atoms with Crippen molar-refractivity contribution in [3.05, 3.63) is 134 Å². The molecule has 0 aromatic rings. The molecule has 0 saturated carbocycles. The third-order valence-electron chi connectivity index (χ3n) is 13.2. The summed E-state index contributed by atoms with van der Waals surface area (Å²) in [5.41, 5.74) is 0. The van der Waals surface area contributed by atoms with E-state index in [1.807, 2.05) is 21.1 Å². The Balaban J connectivity index is 4.12. The fraction of sp³-hybridized carbons (Fsp3) is 0.657.